The van der Waals surface area contributed by atoms with Gasteiger partial charge in [-0.25, -0.2) is 4.79 Å². The van der Waals surface area contributed by atoms with E-state index in [-0.39, 0.29) is 24.3 Å². The van der Waals surface area contributed by atoms with Crippen LogP contribution in [0.1, 0.15) is 26.7 Å². The quantitative estimate of drug-likeness (QED) is 0.670. The molecule has 1 atom stereocenters. The molecular weight excluding hydrogens is 312 g/mol. The van der Waals surface area contributed by atoms with Gasteiger partial charge in [0, 0.05) is 17.7 Å². The first-order chi connectivity index (χ1) is 11.4. The molecule has 3 N–H and O–H groups in total. The van der Waals surface area contributed by atoms with Gasteiger partial charge in [-0.2, -0.15) is 0 Å². The maximum absolute atomic E-state index is 11.8. The van der Waals surface area contributed by atoms with Crippen LogP contribution in [-0.4, -0.2) is 35.5 Å². The molecule has 1 aromatic rings. The third-order valence-electron chi connectivity index (χ3n) is 3.67. The number of ether oxygens (including phenoxy) is 1. The number of hydrogen-bond acceptors (Lipinski definition) is 4. The van der Waals surface area contributed by atoms with Crippen LogP contribution >= 0.6 is 0 Å². The SMILES string of the molecule is CC(C)[C@@H](NC(=O)COc1cccc(NC(=O)C2CC2)c1)C(=O)O. The summed E-state index contributed by atoms with van der Waals surface area (Å²) in [5.74, 6) is -1.30. The average molecular weight is 334 g/mol. The summed E-state index contributed by atoms with van der Waals surface area (Å²) in [6, 6.07) is 5.79. The number of amides is 2. The molecule has 24 heavy (non-hydrogen) atoms. The van der Waals surface area contributed by atoms with Gasteiger partial charge in [-0.15, -0.1) is 0 Å². The largest absolute Gasteiger partial charge is 0.484 e. The molecule has 1 aliphatic carbocycles. The number of rotatable bonds is 8. The van der Waals surface area contributed by atoms with Crippen LogP contribution in [0.4, 0.5) is 5.69 Å². The Hall–Kier alpha value is -2.57. The highest BCUT2D eigenvalue weighted by molar-refractivity contribution is 5.94. The van der Waals surface area contributed by atoms with Crippen LogP contribution in [0.5, 0.6) is 5.75 Å². The highest BCUT2D eigenvalue weighted by Gasteiger charge is 2.29. The molecule has 1 fully saturated rings. The number of anilines is 1. The zero-order chi connectivity index (χ0) is 17.7. The second-order valence-corrected chi connectivity index (χ2v) is 6.21. The molecule has 2 amide bonds. The maximum atomic E-state index is 11.8. The summed E-state index contributed by atoms with van der Waals surface area (Å²) in [6.07, 6.45) is 1.84. The number of aliphatic carboxylic acids is 1. The first-order valence-corrected chi connectivity index (χ1v) is 7.92. The van der Waals surface area contributed by atoms with Crippen LogP contribution in [0, 0.1) is 11.8 Å². The zero-order valence-corrected chi connectivity index (χ0v) is 13.7. The second kappa shape index (κ2) is 7.81. The van der Waals surface area contributed by atoms with Crippen molar-refractivity contribution in [3.63, 3.8) is 0 Å². The van der Waals surface area contributed by atoms with Gasteiger partial charge in [0.15, 0.2) is 6.61 Å². The molecule has 130 valence electrons. The van der Waals surface area contributed by atoms with Crippen molar-refractivity contribution in [1.29, 1.82) is 0 Å². The average Bonchev–Trinajstić information content (AvgIpc) is 3.35. The monoisotopic (exact) mass is 334 g/mol. The third-order valence-corrected chi connectivity index (χ3v) is 3.67. The Kier molecular flexibility index (Phi) is 5.78. The van der Waals surface area contributed by atoms with E-state index in [9.17, 15) is 14.4 Å². The molecule has 0 heterocycles. The lowest BCUT2D eigenvalue weighted by Crippen LogP contribution is -2.46. The van der Waals surface area contributed by atoms with Gasteiger partial charge >= 0.3 is 5.97 Å². The van der Waals surface area contributed by atoms with Crippen molar-refractivity contribution in [1.82, 2.24) is 5.32 Å². The Balaban J connectivity index is 1.85. The third kappa shape index (κ3) is 5.26. The summed E-state index contributed by atoms with van der Waals surface area (Å²) >= 11 is 0. The van der Waals surface area contributed by atoms with Gasteiger partial charge in [-0.05, 0) is 30.9 Å². The smallest absolute Gasteiger partial charge is 0.326 e. The molecule has 1 aromatic carbocycles. The normalized spacial score (nSPS) is 14.8. The minimum absolute atomic E-state index is 0.00822. The van der Waals surface area contributed by atoms with Gasteiger partial charge in [0.2, 0.25) is 5.91 Å². The molecule has 7 heteroatoms. The molecule has 0 spiro atoms. The van der Waals surface area contributed by atoms with Crippen molar-refractivity contribution in [3.05, 3.63) is 24.3 Å². The lowest BCUT2D eigenvalue weighted by Gasteiger charge is -2.18. The van der Waals surface area contributed by atoms with Crippen LogP contribution in [0.25, 0.3) is 0 Å². The van der Waals surface area contributed by atoms with E-state index in [2.05, 4.69) is 10.6 Å². The van der Waals surface area contributed by atoms with Crippen molar-refractivity contribution in [2.75, 3.05) is 11.9 Å². The number of benzene rings is 1. The van der Waals surface area contributed by atoms with Gasteiger partial charge < -0.3 is 20.5 Å². The summed E-state index contributed by atoms with van der Waals surface area (Å²) in [7, 11) is 0. The van der Waals surface area contributed by atoms with Crippen molar-refractivity contribution in [2.24, 2.45) is 11.8 Å². The molecule has 0 aliphatic heterocycles. The fourth-order valence-electron chi connectivity index (χ4n) is 2.13. The minimum atomic E-state index is -1.08. The van der Waals surface area contributed by atoms with E-state index < -0.39 is 17.9 Å². The lowest BCUT2D eigenvalue weighted by molar-refractivity contribution is -0.143. The Bertz CT molecular complexity index is 625. The van der Waals surface area contributed by atoms with E-state index in [0.29, 0.717) is 11.4 Å². The molecule has 1 aliphatic rings. The summed E-state index contributed by atoms with van der Waals surface area (Å²) in [5.41, 5.74) is 0.607. The van der Waals surface area contributed by atoms with Gasteiger partial charge in [0.25, 0.3) is 5.91 Å². The van der Waals surface area contributed by atoms with Crippen LogP contribution in [0.2, 0.25) is 0 Å². The highest BCUT2D eigenvalue weighted by Crippen LogP contribution is 2.30. The fraction of sp³-hybridized carbons (Fsp3) is 0.471. The second-order valence-electron chi connectivity index (χ2n) is 6.21. The number of carbonyl (C=O) groups is 3. The van der Waals surface area contributed by atoms with E-state index in [1.807, 2.05) is 0 Å². The predicted octanol–water partition coefficient (Wildman–Crippen LogP) is 1.64. The van der Waals surface area contributed by atoms with Crippen molar-refractivity contribution >= 4 is 23.5 Å². The molecular formula is C17H22N2O5. The van der Waals surface area contributed by atoms with Crippen LogP contribution < -0.4 is 15.4 Å². The van der Waals surface area contributed by atoms with Gasteiger partial charge in [0.05, 0.1) is 0 Å². The lowest BCUT2D eigenvalue weighted by atomic mass is 10.1. The van der Waals surface area contributed by atoms with E-state index in [1.54, 1.807) is 38.1 Å². The van der Waals surface area contributed by atoms with Gasteiger partial charge in [-0.3, -0.25) is 9.59 Å². The standard InChI is InChI=1S/C17H22N2O5/c1-10(2)15(17(22)23)19-14(20)9-24-13-5-3-4-12(8-13)18-16(21)11-6-7-11/h3-5,8,10-11,15H,6-7,9H2,1-2H3,(H,18,21)(H,19,20)(H,22,23)/t15-/m1/s1. The predicted molar refractivity (Wildman–Crippen MR) is 87.7 cm³/mol. The van der Waals surface area contributed by atoms with Crippen molar-refractivity contribution in [2.45, 2.75) is 32.7 Å². The van der Waals surface area contributed by atoms with Crippen LogP contribution in [0.15, 0.2) is 24.3 Å². The van der Waals surface area contributed by atoms with Crippen LogP contribution in [0.3, 0.4) is 0 Å². The number of carbonyl (C=O) groups excluding carboxylic acids is 2. The zero-order valence-electron chi connectivity index (χ0n) is 13.7. The molecule has 0 radical (unpaired) electrons. The minimum Gasteiger partial charge on any atom is -0.484 e. The molecule has 2 rings (SSSR count). The highest BCUT2D eigenvalue weighted by atomic mass is 16.5. The Labute approximate surface area is 140 Å². The van der Waals surface area contributed by atoms with E-state index in [1.165, 1.54) is 0 Å². The Morgan fingerprint density at radius 1 is 1.29 bits per heavy atom. The van der Waals surface area contributed by atoms with E-state index in [0.717, 1.165) is 12.8 Å². The summed E-state index contributed by atoms with van der Waals surface area (Å²) in [6.45, 7) is 3.13. The molecule has 0 aromatic heterocycles. The summed E-state index contributed by atoms with van der Waals surface area (Å²) in [4.78, 5) is 34.6. The molecule has 7 nitrogen and oxygen atoms in total. The van der Waals surface area contributed by atoms with Crippen molar-refractivity contribution in [3.8, 4) is 5.75 Å². The summed E-state index contributed by atoms with van der Waals surface area (Å²) in [5, 5.41) is 14.3. The molecule has 0 unspecified atom stereocenters. The molecule has 0 bridgehead atoms. The number of hydrogen-bond donors (Lipinski definition) is 3. The number of carboxylic acid groups (broad SMARTS) is 1. The van der Waals surface area contributed by atoms with Crippen LogP contribution in [-0.2, 0) is 14.4 Å². The molecule has 1 saturated carbocycles. The fourth-order valence-corrected chi connectivity index (χ4v) is 2.13. The first-order valence-electron chi connectivity index (χ1n) is 7.92. The Morgan fingerprint density at radius 3 is 2.58 bits per heavy atom. The number of carboxylic acids is 1. The van der Waals surface area contributed by atoms with E-state index in [4.69, 9.17) is 9.84 Å². The Morgan fingerprint density at radius 2 is 2.00 bits per heavy atom. The maximum Gasteiger partial charge on any atom is 0.326 e. The van der Waals surface area contributed by atoms with E-state index >= 15 is 0 Å². The first kappa shape index (κ1) is 17.8. The van der Waals surface area contributed by atoms with Gasteiger partial charge in [-0.1, -0.05) is 19.9 Å². The van der Waals surface area contributed by atoms with Gasteiger partial charge in [0.1, 0.15) is 11.8 Å². The number of nitrogens with one attached hydrogen (secondary N) is 2. The van der Waals surface area contributed by atoms with Crippen molar-refractivity contribution < 1.29 is 24.2 Å². The molecule has 0 saturated heterocycles. The topological polar surface area (TPSA) is 105 Å². The summed E-state index contributed by atoms with van der Waals surface area (Å²) < 4.78 is 5.37.